The van der Waals surface area contributed by atoms with Gasteiger partial charge in [0.15, 0.2) is 0 Å². The smallest absolute Gasteiger partial charge is 0.271 e. The van der Waals surface area contributed by atoms with Gasteiger partial charge in [-0.25, -0.2) is 5.43 Å². The number of carbonyl (C=O) groups excluding carboxylic acids is 2. The number of thioether (sulfide) groups is 1. The second-order valence-corrected chi connectivity index (χ2v) is 9.32. The maximum absolute atomic E-state index is 12.5. The minimum atomic E-state index is -0.274. The Bertz CT molecular complexity index is 1160. The van der Waals surface area contributed by atoms with Crippen LogP contribution >= 0.6 is 11.8 Å². The van der Waals surface area contributed by atoms with Gasteiger partial charge in [0.2, 0.25) is 5.91 Å². The fraction of sp³-hybridized carbons (Fsp3) is 0.250. The van der Waals surface area contributed by atoms with E-state index < -0.39 is 0 Å². The van der Waals surface area contributed by atoms with E-state index >= 15 is 0 Å². The molecule has 0 spiro atoms. The van der Waals surface area contributed by atoms with E-state index in [0.717, 1.165) is 29.8 Å². The summed E-state index contributed by atoms with van der Waals surface area (Å²) in [6.07, 6.45) is 1.64. The molecule has 1 N–H and O–H groups in total. The fourth-order valence-electron chi connectivity index (χ4n) is 4.07. The van der Waals surface area contributed by atoms with Gasteiger partial charge in [-0.1, -0.05) is 54.6 Å². The lowest BCUT2D eigenvalue weighted by Gasteiger charge is -2.24. The molecule has 0 bridgehead atoms. The molecule has 2 amide bonds. The molecule has 1 aliphatic heterocycles. The molecule has 1 atom stereocenters. The number of nitrogens with one attached hydrogen (secondary N) is 1. The second kappa shape index (κ2) is 11.7. The Morgan fingerprint density at radius 2 is 1.71 bits per heavy atom. The van der Waals surface area contributed by atoms with E-state index in [4.69, 9.17) is 0 Å². The van der Waals surface area contributed by atoms with Gasteiger partial charge in [-0.2, -0.15) is 5.10 Å². The molecule has 3 aromatic rings. The van der Waals surface area contributed by atoms with Crippen LogP contribution in [0.4, 0.5) is 5.69 Å². The molecule has 0 saturated carbocycles. The normalized spacial score (nSPS) is 15.5. The highest BCUT2D eigenvalue weighted by atomic mass is 32.2. The highest BCUT2D eigenvalue weighted by molar-refractivity contribution is 8.00. The lowest BCUT2D eigenvalue weighted by atomic mass is 10.1. The van der Waals surface area contributed by atoms with E-state index in [1.165, 1.54) is 5.69 Å². The van der Waals surface area contributed by atoms with Gasteiger partial charge in [-0.05, 0) is 54.8 Å². The number of hydrogen-bond donors (Lipinski definition) is 1. The number of amides is 2. The first-order chi connectivity index (χ1) is 17.1. The van der Waals surface area contributed by atoms with Gasteiger partial charge in [0, 0.05) is 30.9 Å². The Hall–Kier alpha value is -3.58. The molecular weight excluding hydrogens is 456 g/mol. The highest BCUT2D eigenvalue weighted by Crippen LogP contribution is 2.39. The maximum atomic E-state index is 12.5. The Labute approximate surface area is 211 Å². The summed E-state index contributed by atoms with van der Waals surface area (Å²) in [5.41, 5.74) is 7.30. The molecule has 0 aromatic heterocycles. The molecule has 0 aliphatic carbocycles. The summed E-state index contributed by atoms with van der Waals surface area (Å²) in [4.78, 5) is 29.2. The molecule has 1 fully saturated rings. The number of anilines is 1. The Morgan fingerprint density at radius 3 is 2.37 bits per heavy atom. The summed E-state index contributed by atoms with van der Waals surface area (Å²) in [6.45, 7) is 6.75. The number of rotatable bonds is 9. The third-order valence-electron chi connectivity index (χ3n) is 6.02. The summed E-state index contributed by atoms with van der Waals surface area (Å²) in [5.74, 6) is 0.318. The van der Waals surface area contributed by atoms with E-state index in [-0.39, 0.29) is 17.2 Å². The average Bonchev–Trinajstić information content (AvgIpc) is 3.26. The van der Waals surface area contributed by atoms with Crippen LogP contribution in [0.5, 0.6) is 0 Å². The van der Waals surface area contributed by atoms with Crippen molar-refractivity contribution < 1.29 is 9.59 Å². The Balaban J connectivity index is 1.36. The minimum absolute atomic E-state index is 0.0582. The molecule has 3 aromatic carbocycles. The van der Waals surface area contributed by atoms with Crippen molar-refractivity contribution in [3.63, 3.8) is 0 Å². The van der Waals surface area contributed by atoms with Gasteiger partial charge in [0.1, 0.15) is 5.37 Å². The van der Waals surface area contributed by atoms with Gasteiger partial charge in [-0.3, -0.25) is 9.59 Å². The summed E-state index contributed by atoms with van der Waals surface area (Å²) in [6, 6.07) is 25.5. The monoisotopic (exact) mass is 486 g/mol. The van der Waals surface area contributed by atoms with E-state index in [9.17, 15) is 9.59 Å². The Kier molecular flexibility index (Phi) is 8.21. The number of hydrazone groups is 1. The van der Waals surface area contributed by atoms with Crippen LogP contribution < -0.4 is 10.3 Å². The van der Waals surface area contributed by atoms with Crippen molar-refractivity contribution in [3.8, 4) is 0 Å². The minimum Gasteiger partial charge on any atom is -0.372 e. The van der Waals surface area contributed by atoms with Crippen molar-refractivity contribution >= 4 is 35.5 Å². The molecule has 1 heterocycles. The van der Waals surface area contributed by atoms with E-state index in [0.29, 0.717) is 17.9 Å². The predicted octanol–water partition coefficient (Wildman–Crippen LogP) is 5.07. The Morgan fingerprint density at radius 1 is 1.03 bits per heavy atom. The highest BCUT2D eigenvalue weighted by Gasteiger charge is 2.32. The summed E-state index contributed by atoms with van der Waals surface area (Å²) < 4.78 is 0. The molecule has 180 valence electrons. The standard InChI is InChI=1S/C28H30N4O2S/c1-3-31(4-2)25-16-10-21(11-17-25)18-29-30-27(34)23-12-14-24(15-13-23)28-32(26(33)20-35-28)19-22-8-6-5-7-9-22/h5-18,28H,3-4,19-20H2,1-2H3,(H,30,34)/b29-18-/t28-/m1/s1. The SMILES string of the molecule is CCN(CC)c1ccc(/C=N\NC(=O)c2ccc([C@H]3SCC(=O)N3Cc3ccccc3)cc2)cc1. The molecule has 6 nitrogen and oxygen atoms in total. The van der Waals surface area contributed by atoms with E-state index in [2.05, 4.69) is 41.4 Å². The number of nitrogens with zero attached hydrogens (tertiary/aromatic N) is 3. The van der Waals surface area contributed by atoms with E-state index in [1.54, 1.807) is 30.1 Å². The summed E-state index contributed by atoms with van der Waals surface area (Å²) >= 11 is 1.61. The lowest BCUT2D eigenvalue weighted by Crippen LogP contribution is -2.27. The molecule has 1 saturated heterocycles. The first-order valence-corrected chi connectivity index (χ1v) is 12.9. The zero-order valence-corrected chi connectivity index (χ0v) is 20.9. The average molecular weight is 487 g/mol. The predicted molar refractivity (Wildman–Crippen MR) is 144 cm³/mol. The van der Waals surface area contributed by atoms with Gasteiger partial charge in [-0.15, -0.1) is 11.8 Å². The third kappa shape index (κ3) is 6.11. The molecule has 0 radical (unpaired) electrons. The largest absolute Gasteiger partial charge is 0.372 e. The number of benzene rings is 3. The van der Waals surface area contributed by atoms with Crippen LogP contribution in [0.1, 0.15) is 46.3 Å². The molecule has 0 unspecified atom stereocenters. The zero-order valence-electron chi connectivity index (χ0n) is 20.1. The van der Waals surface area contributed by atoms with Crippen molar-refractivity contribution in [1.29, 1.82) is 0 Å². The van der Waals surface area contributed by atoms with E-state index in [1.807, 2.05) is 59.5 Å². The number of hydrogen-bond acceptors (Lipinski definition) is 5. The summed E-state index contributed by atoms with van der Waals surface area (Å²) in [7, 11) is 0. The van der Waals surface area contributed by atoms with Crippen molar-refractivity contribution in [2.75, 3.05) is 23.7 Å². The van der Waals surface area contributed by atoms with Crippen LogP contribution in [0.3, 0.4) is 0 Å². The second-order valence-electron chi connectivity index (χ2n) is 8.26. The lowest BCUT2D eigenvalue weighted by molar-refractivity contribution is -0.128. The van der Waals surface area contributed by atoms with Crippen molar-refractivity contribution in [2.24, 2.45) is 5.10 Å². The van der Waals surface area contributed by atoms with Gasteiger partial charge < -0.3 is 9.80 Å². The van der Waals surface area contributed by atoms with Gasteiger partial charge in [0.05, 0.1) is 12.0 Å². The van der Waals surface area contributed by atoms with Crippen molar-refractivity contribution in [3.05, 3.63) is 101 Å². The van der Waals surface area contributed by atoms with Crippen LogP contribution in [-0.2, 0) is 11.3 Å². The van der Waals surface area contributed by atoms with Crippen LogP contribution in [-0.4, -0.2) is 41.8 Å². The quantitative estimate of drug-likeness (QED) is 0.339. The number of carbonyl (C=O) groups is 2. The van der Waals surface area contributed by atoms with Crippen LogP contribution in [0.15, 0.2) is 84.0 Å². The van der Waals surface area contributed by atoms with Crippen molar-refractivity contribution in [1.82, 2.24) is 10.3 Å². The zero-order chi connectivity index (χ0) is 24.6. The summed E-state index contributed by atoms with van der Waals surface area (Å²) in [5, 5.41) is 4.05. The van der Waals surface area contributed by atoms with Gasteiger partial charge >= 0.3 is 0 Å². The van der Waals surface area contributed by atoms with Crippen LogP contribution in [0.25, 0.3) is 0 Å². The molecule has 35 heavy (non-hydrogen) atoms. The van der Waals surface area contributed by atoms with Crippen molar-refractivity contribution in [2.45, 2.75) is 25.8 Å². The maximum Gasteiger partial charge on any atom is 0.271 e. The first kappa shape index (κ1) is 24.5. The van der Waals surface area contributed by atoms with Crippen LogP contribution in [0, 0.1) is 0 Å². The first-order valence-electron chi connectivity index (χ1n) is 11.8. The molecule has 1 aliphatic rings. The third-order valence-corrected chi connectivity index (χ3v) is 7.28. The molecular formula is C28H30N4O2S. The van der Waals surface area contributed by atoms with Gasteiger partial charge in [0.25, 0.3) is 5.91 Å². The molecule has 4 rings (SSSR count). The topological polar surface area (TPSA) is 65.0 Å². The fourth-order valence-corrected chi connectivity index (χ4v) is 5.26. The van der Waals surface area contributed by atoms with Crippen LogP contribution in [0.2, 0.25) is 0 Å². The molecule has 7 heteroatoms.